The SMILES string of the molecule is CC(C)OC(=O)C(C)Oc1ccccc1C#N. The quantitative estimate of drug-likeness (QED) is 0.748. The van der Waals surface area contributed by atoms with E-state index in [1.165, 1.54) is 0 Å². The summed E-state index contributed by atoms with van der Waals surface area (Å²) in [5, 5.41) is 8.87. The van der Waals surface area contributed by atoms with Crippen LogP contribution in [0.25, 0.3) is 0 Å². The molecular formula is C13H15NO3. The number of carbonyl (C=O) groups is 1. The molecular weight excluding hydrogens is 218 g/mol. The first kappa shape index (κ1) is 13.0. The molecule has 0 spiro atoms. The molecule has 4 nitrogen and oxygen atoms in total. The van der Waals surface area contributed by atoms with E-state index in [0.717, 1.165) is 0 Å². The van der Waals surface area contributed by atoms with E-state index in [-0.39, 0.29) is 6.10 Å². The van der Waals surface area contributed by atoms with Crippen LogP contribution in [-0.4, -0.2) is 18.2 Å². The zero-order valence-corrected chi connectivity index (χ0v) is 10.1. The molecule has 4 heteroatoms. The third kappa shape index (κ3) is 3.80. The van der Waals surface area contributed by atoms with Gasteiger partial charge in [0, 0.05) is 0 Å². The summed E-state index contributed by atoms with van der Waals surface area (Å²) < 4.78 is 10.4. The predicted molar refractivity (Wildman–Crippen MR) is 62.5 cm³/mol. The number of rotatable bonds is 4. The molecule has 1 atom stereocenters. The molecule has 0 fully saturated rings. The van der Waals surface area contributed by atoms with Crippen molar-refractivity contribution in [2.45, 2.75) is 33.0 Å². The first-order valence-electron chi connectivity index (χ1n) is 5.41. The average Bonchev–Trinajstić information content (AvgIpc) is 2.28. The molecule has 1 aromatic carbocycles. The predicted octanol–water partition coefficient (Wildman–Crippen LogP) is 2.28. The summed E-state index contributed by atoms with van der Waals surface area (Å²) in [6.07, 6.45) is -0.910. The summed E-state index contributed by atoms with van der Waals surface area (Å²) in [6.45, 7) is 5.14. The second-order valence-corrected chi connectivity index (χ2v) is 3.85. The molecule has 90 valence electrons. The van der Waals surface area contributed by atoms with Crippen LogP contribution in [0.4, 0.5) is 0 Å². The fourth-order valence-electron chi connectivity index (χ4n) is 1.23. The molecule has 1 aromatic rings. The van der Waals surface area contributed by atoms with Gasteiger partial charge in [-0.05, 0) is 32.9 Å². The fourth-order valence-corrected chi connectivity index (χ4v) is 1.23. The van der Waals surface area contributed by atoms with E-state index < -0.39 is 12.1 Å². The Morgan fingerprint density at radius 2 is 1.94 bits per heavy atom. The Morgan fingerprint density at radius 3 is 2.53 bits per heavy atom. The van der Waals surface area contributed by atoms with Gasteiger partial charge in [-0.2, -0.15) is 5.26 Å². The van der Waals surface area contributed by atoms with Crippen molar-refractivity contribution in [3.05, 3.63) is 29.8 Å². The van der Waals surface area contributed by atoms with E-state index >= 15 is 0 Å². The zero-order valence-electron chi connectivity index (χ0n) is 10.1. The minimum absolute atomic E-state index is 0.181. The van der Waals surface area contributed by atoms with Gasteiger partial charge >= 0.3 is 5.97 Å². The third-order valence-corrected chi connectivity index (χ3v) is 2.00. The lowest BCUT2D eigenvalue weighted by Crippen LogP contribution is -2.28. The maximum Gasteiger partial charge on any atom is 0.347 e. The van der Waals surface area contributed by atoms with Gasteiger partial charge in [-0.25, -0.2) is 4.79 Å². The van der Waals surface area contributed by atoms with Crippen LogP contribution in [-0.2, 0) is 9.53 Å². The van der Waals surface area contributed by atoms with Gasteiger partial charge in [-0.3, -0.25) is 0 Å². The fraction of sp³-hybridized carbons (Fsp3) is 0.385. The Hall–Kier alpha value is -2.02. The number of nitrogens with zero attached hydrogens (tertiary/aromatic N) is 1. The maximum atomic E-state index is 11.5. The summed E-state index contributed by atoms with van der Waals surface area (Å²) in [5.41, 5.74) is 0.400. The largest absolute Gasteiger partial charge is 0.478 e. The van der Waals surface area contributed by atoms with Gasteiger partial charge in [0.2, 0.25) is 0 Å². The normalized spacial score (nSPS) is 11.7. The first-order valence-corrected chi connectivity index (χ1v) is 5.41. The standard InChI is InChI=1S/C13H15NO3/c1-9(2)16-13(15)10(3)17-12-7-5-4-6-11(12)8-14/h4-7,9-10H,1-3H3. The van der Waals surface area contributed by atoms with E-state index in [4.69, 9.17) is 14.7 Å². The summed E-state index contributed by atoms with van der Waals surface area (Å²) in [5.74, 6) is -0.0454. The number of nitriles is 1. The van der Waals surface area contributed by atoms with Crippen LogP contribution in [0.3, 0.4) is 0 Å². The Morgan fingerprint density at radius 1 is 1.29 bits per heavy atom. The lowest BCUT2D eigenvalue weighted by Gasteiger charge is -2.16. The number of esters is 1. The van der Waals surface area contributed by atoms with Gasteiger partial charge in [0.1, 0.15) is 11.8 Å². The van der Waals surface area contributed by atoms with Crippen molar-refractivity contribution in [3.8, 4) is 11.8 Å². The number of hydrogen-bond acceptors (Lipinski definition) is 4. The highest BCUT2D eigenvalue weighted by Gasteiger charge is 2.18. The Balaban J connectivity index is 2.71. The van der Waals surface area contributed by atoms with Crippen LogP contribution in [0.2, 0.25) is 0 Å². The molecule has 0 amide bonds. The van der Waals surface area contributed by atoms with Gasteiger partial charge in [0.05, 0.1) is 11.7 Å². The molecule has 0 aliphatic carbocycles. The topological polar surface area (TPSA) is 59.3 Å². The maximum absolute atomic E-state index is 11.5. The molecule has 0 aliphatic rings. The Labute approximate surface area is 101 Å². The summed E-state index contributed by atoms with van der Waals surface area (Å²) in [4.78, 5) is 11.5. The smallest absolute Gasteiger partial charge is 0.347 e. The number of para-hydroxylation sites is 1. The number of ether oxygens (including phenoxy) is 2. The second kappa shape index (κ2) is 5.90. The Bertz CT molecular complexity index is 435. The molecule has 0 saturated heterocycles. The third-order valence-electron chi connectivity index (χ3n) is 2.00. The van der Waals surface area contributed by atoms with Crippen molar-refractivity contribution >= 4 is 5.97 Å². The van der Waals surface area contributed by atoms with E-state index in [9.17, 15) is 4.79 Å². The molecule has 0 radical (unpaired) electrons. The van der Waals surface area contributed by atoms with Crippen LogP contribution in [0, 0.1) is 11.3 Å². The molecule has 0 aliphatic heterocycles. The highest BCUT2D eigenvalue weighted by Crippen LogP contribution is 2.18. The average molecular weight is 233 g/mol. The number of benzene rings is 1. The molecule has 0 bridgehead atoms. The number of carbonyl (C=O) groups excluding carboxylic acids is 1. The van der Waals surface area contributed by atoms with Crippen molar-refractivity contribution in [1.29, 1.82) is 5.26 Å². The van der Waals surface area contributed by atoms with Crippen molar-refractivity contribution in [2.24, 2.45) is 0 Å². The van der Waals surface area contributed by atoms with Gasteiger partial charge in [-0.15, -0.1) is 0 Å². The van der Waals surface area contributed by atoms with Gasteiger partial charge in [-0.1, -0.05) is 12.1 Å². The van der Waals surface area contributed by atoms with E-state index in [1.807, 2.05) is 6.07 Å². The highest BCUT2D eigenvalue weighted by atomic mass is 16.6. The van der Waals surface area contributed by atoms with Crippen LogP contribution in [0.15, 0.2) is 24.3 Å². The van der Waals surface area contributed by atoms with Crippen LogP contribution < -0.4 is 4.74 Å². The zero-order chi connectivity index (χ0) is 12.8. The second-order valence-electron chi connectivity index (χ2n) is 3.85. The van der Waals surface area contributed by atoms with E-state index in [2.05, 4.69) is 0 Å². The molecule has 1 rings (SSSR count). The molecule has 17 heavy (non-hydrogen) atoms. The lowest BCUT2D eigenvalue weighted by molar-refractivity contribution is -0.154. The van der Waals surface area contributed by atoms with Crippen molar-refractivity contribution < 1.29 is 14.3 Å². The molecule has 0 saturated carbocycles. The highest BCUT2D eigenvalue weighted by molar-refractivity contribution is 5.74. The monoisotopic (exact) mass is 233 g/mol. The Kier molecular flexibility index (Phi) is 4.53. The van der Waals surface area contributed by atoms with Crippen LogP contribution in [0.1, 0.15) is 26.3 Å². The van der Waals surface area contributed by atoms with Gasteiger partial charge in [0.25, 0.3) is 0 Å². The van der Waals surface area contributed by atoms with Gasteiger partial charge < -0.3 is 9.47 Å². The summed E-state index contributed by atoms with van der Waals surface area (Å²) in [7, 11) is 0. The van der Waals surface area contributed by atoms with Crippen LogP contribution >= 0.6 is 0 Å². The van der Waals surface area contributed by atoms with Crippen molar-refractivity contribution in [1.82, 2.24) is 0 Å². The molecule has 1 unspecified atom stereocenters. The minimum atomic E-state index is -0.730. The molecule has 0 heterocycles. The minimum Gasteiger partial charge on any atom is -0.478 e. The number of hydrogen-bond donors (Lipinski definition) is 0. The molecule has 0 N–H and O–H groups in total. The first-order chi connectivity index (χ1) is 8.04. The van der Waals surface area contributed by atoms with Crippen molar-refractivity contribution in [2.75, 3.05) is 0 Å². The van der Waals surface area contributed by atoms with Gasteiger partial charge in [0.15, 0.2) is 6.10 Å². The lowest BCUT2D eigenvalue weighted by atomic mass is 10.2. The van der Waals surface area contributed by atoms with E-state index in [1.54, 1.807) is 45.0 Å². The molecule has 0 aromatic heterocycles. The van der Waals surface area contributed by atoms with Crippen molar-refractivity contribution in [3.63, 3.8) is 0 Å². The summed E-state index contributed by atoms with van der Waals surface area (Å²) in [6, 6.07) is 8.77. The summed E-state index contributed by atoms with van der Waals surface area (Å²) >= 11 is 0. The van der Waals surface area contributed by atoms with E-state index in [0.29, 0.717) is 11.3 Å². The van der Waals surface area contributed by atoms with Crippen LogP contribution in [0.5, 0.6) is 5.75 Å².